The molecule has 0 saturated carbocycles. The van der Waals surface area contributed by atoms with Gasteiger partial charge in [0.25, 0.3) is 5.91 Å². The smallest absolute Gasteiger partial charge is 0.363 e. The average molecular weight is 490 g/mol. The molecule has 0 aliphatic carbocycles. The van der Waals surface area contributed by atoms with Crippen LogP contribution in [0.5, 0.6) is 0 Å². The standard InChI is InChI=1S/C20H14Cl3F3N4O/c21-11-3-1-10(2-4-11)15-8-17(20(24,25)26)30-18(27-15)9-16(29-30)19(31)28-14-6-5-12(22)7-13(14)23/h1-7,9,15,17,27H,8H2,(H,28,31). The molecule has 1 aromatic heterocycles. The molecule has 2 atom stereocenters. The van der Waals surface area contributed by atoms with Crippen LogP contribution >= 0.6 is 34.8 Å². The third-order valence-electron chi connectivity index (χ3n) is 4.87. The van der Waals surface area contributed by atoms with Crippen molar-refractivity contribution in [1.82, 2.24) is 9.78 Å². The fraction of sp³-hybridized carbons (Fsp3) is 0.200. The van der Waals surface area contributed by atoms with Gasteiger partial charge in [-0.1, -0.05) is 46.9 Å². The van der Waals surface area contributed by atoms with Crippen LogP contribution < -0.4 is 10.6 Å². The quantitative estimate of drug-likeness (QED) is 0.427. The van der Waals surface area contributed by atoms with E-state index in [0.717, 1.165) is 4.68 Å². The first-order valence-corrected chi connectivity index (χ1v) is 10.2. The number of benzene rings is 2. The van der Waals surface area contributed by atoms with E-state index in [1.54, 1.807) is 24.3 Å². The summed E-state index contributed by atoms with van der Waals surface area (Å²) in [7, 11) is 0. The van der Waals surface area contributed by atoms with Crippen molar-refractivity contribution in [2.24, 2.45) is 0 Å². The van der Waals surface area contributed by atoms with Gasteiger partial charge in [0.2, 0.25) is 0 Å². The zero-order chi connectivity index (χ0) is 22.3. The highest BCUT2D eigenvalue weighted by atomic mass is 35.5. The molecule has 2 N–H and O–H groups in total. The molecule has 1 amide bonds. The molecule has 2 heterocycles. The Kier molecular flexibility index (Phi) is 5.81. The SMILES string of the molecule is O=C(Nc1ccc(Cl)cc1Cl)c1cc2n(n1)C(C(F)(F)F)CC(c1ccc(Cl)cc1)N2. The highest BCUT2D eigenvalue weighted by molar-refractivity contribution is 6.36. The number of hydrogen-bond acceptors (Lipinski definition) is 3. The molecule has 11 heteroatoms. The number of anilines is 2. The molecule has 1 aliphatic heterocycles. The number of nitrogens with zero attached hydrogens (tertiary/aromatic N) is 2. The van der Waals surface area contributed by atoms with Crippen molar-refractivity contribution in [2.45, 2.75) is 24.7 Å². The summed E-state index contributed by atoms with van der Waals surface area (Å²) in [6.45, 7) is 0. The van der Waals surface area contributed by atoms with E-state index in [-0.39, 0.29) is 28.6 Å². The van der Waals surface area contributed by atoms with E-state index in [2.05, 4.69) is 15.7 Å². The van der Waals surface area contributed by atoms with Gasteiger partial charge in [0.15, 0.2) is 11.7 Å². The van der Waals surface area contributed by atoms with Crippen LogP contribution in [0.4, 0.5) is 24.7 Å². The van der Waals surface area contributed by atoms with Gasteiger partial charge in [-0.15, -0.1) is 0 Å². The molecule has 0 saturated heterocycles. The topological polar surface area (TPSA) is 59.0 Å². The second-order valence-electron chi connectivity index (χ2n) is 6.98. The number of fused-ring (bicyclic) bond motifs is 1. The van der Waals surface area contributed by atoms with Gasteiger partial charge in [-0.25, -0.2) is 4.68 Å². The number of carbonyl (C=O) groups excluding carboxylic acids is 1. The van der Waals surface area contributed by atoms with Crippen LogP contribution in [-0.2, 0) is 0 Å². The molecule has 2 unspecified atom stereocenters. The maximum Gasteiger partial charge on any atom is 0.410 e. The number of amides is 1. The van der Waals surface area contributed by atoms with Crippen LogP contribution in [0.25, 0.3) is 0 Å². The van der Waals surface area contributed by atoms with Crippen molar-refractivity contribution in [3.8, 4) is 0 Å². The molecule has 0 radical (unpaired) electrons. The minimum atomic E-state index is -4.55. The Morgan fingerprint density at radius 1 is 1.06 bits per heavy atom. The summed E-state index contributed by atoms with van der Waals surface area (Å²) in [5, 5.41) is 10.5. The Balaban J connectivity index is 1.64. The molecule has 31 heavy (non-hydrogen) atoms. The Hall–Kier alpha value is -2.42. The fourth-order valence-electron chi connectivity index (χ4n) is 3.38. The van der Waals surface area contributed by atoms with Crippen molar-refractivity contribution in [3.63, 3.8) is 0 Å². The van der Waals surface area contributed by atoms with Crippen molar-refractivity contribution >= 4 is 52.2 Å². The third kappa shape index (κ3) is 4.61. The number of halogens is 6. The van der Waals surface area contributed by atoms with Gasteiger partial charge in [0.05, 0.1) is 16.8 Å². The average Bonchev–Trinajstić information content (AvgIpc) is 3.13. The molecular weight excluding hydrogens is 476 g/mol. The zero-order valence-corrected chi connectivity index (χ0v) is 17.8. The predicted octanol–water partition coefficient (Wildman–Crippen LogP) is 6.76. The normalized spacial score (nSPS) is 18.3. The summed E-state index contributed by atoms with van der Waals surface area (Å²) in [6, 6.07) is 9.76. The number of hydrogen-bond donors (Lipinski definition) is 2. The summed E-state index contributed by atoms with van der Waals surface area (Å²) < 4.78 is 42.1. The van der Waals surface area contributed by atoms with Crippen LogP contribution in [-0.4, -0.2) is 21.9 Å². The number of nitrogens with one attached hydrogen (secondary N) is 2. The monoisotopic (exact) mass is 488 g/mol. The van der Waals surface area contributed by atoms with Gasteiger partial charge in [-0.3, -0.25) is 4.79 Å². The van der Waals surface area contributed by atoms with Crippen LogP contribution in [0.3, 0.4) is 0 Å². The van der Waals surface area contributed by atoms with Gasteiger partial charge in [0, 0.05) is 22.5 Å². The van der Waals surface area contributed by atoms with Crippen LogP contribution in [0, 0.1) is 0 Å². The molecule has 2 aromatic carbocycles. The summed E-state index contributed by atoms with van der Waals surface area (Å²) in [6.07, 6.45) is -4.84. The third-order valence-corrected chi connectivity index (χ3v) is 5.67. The number of carbonyl (C=O) groups is 1. The summed E-state index contributed by atoms with van der Waals surface area (Å²) in [5.74, 6) is -0.613. The predicted molar refractivity (Wildman–Crippen MR) is 114 cm³/mol. The van der Waals surface area contributed by atoms with E-state index in [1.807, 2.05) is 0 Å². The van der Waals surface area contributed by atoms with Crippen LogP contribution in [0.1, 0.15) is 34.6 Å². The molecule has 1 aliphatic rings. The first-order chi connectivity index (χ1) is 14.6. The first-order valence-electron chi connectivity index (χ1n) is 9.06. The summed E-state index contributed by atoms with van der Waals surface area (Å²) in [5.41, 5.74) is 0.728. The zero-order valence-electron chi connectivity index (χ0n) is 15.6. The van der Waals surface area contributed by atoms with E-state index in [9.17, 15) is 18.0 Å². The minimum absolute atomic E-state index is 0.0841. The maximum absolute atomic E-state index is 13.8. The van der Waals surface area contributed by atoms with Gasteiger partial charge in [0.1, 0.15) is 5.82 Å². The molecule has 0 spiro atoms. The Bertz CT molecular complexity index is 1130. The van der Waals surface area contributed by atoms with E-state index in [4.69, 9.17) is 34.8 Å². The van der Waals surface area contributed by atoms with Gasteiger partial charge in [-0.05, 0) is 35.9 Å². The van der Waals surface area contributed by atoms with E-state index in [0.29, 0.717) is 15.6 Å². The Morgan fingerprint density at radius 3 is 2.39 bits per heavy atom. The highest BCUT2D eigenvalue weighted by Gasteiger charge is 2.46. The lowest BCUT2D eigenvalue weighted by molar-refractivity contribution is -0.173. The van der Waals surface area contributed by atoms with Crippen LogP contribution in [0.2, 0.25) is 15.1 Å². The number of rotatable bonds is 3. The second-order valence-corrected chi connectivity index (χ2v) is 8.26. The largest absolute Gasteiger partial charge is 0.410 e. The van der Waals surface area contributed by atoms with Crippen molar-refractivity contribution < 1.29 is 18.0 Å². The molecule has 5 nitrogen and oxygen atoms in total. The van der Waals surface area contributed by atoms with Gasteiger partial charge >= 0.3 is 6.18 Å². The lowest BCUT2D eigenvalue weighted by atomic mass is 9.97. The van der Waals surface area contributed by atoms with E-state index < -0.39 is 24.2 Å². The van der Waals surface area contributed by atoms with Crippen molar-refractivity contribution in [2.75, 3.05) is 10.6 Å². The van der Waals surface area contributed by atoms with Crippen molar-refractivity contribution in [1.29, 1.82) is 0 Å². The number of alkyl halides is 3. The lowest BCUT2D eigenvalue weighted by Gasteiger charge is -2.33. The molecule has 0 bridgehead atoms. The maximum atomic E-state index is 13.8. The molecule has 3 aromatic rings. The lowest BCUT2D eigenvalue weighted by Crippen LogP contribution is -2.35. The number of aromatic nitrogens is 2. The van der Waals surface area contributed by atoms with Crippen molar-refractivity contribution in [3.05, 3.63) is 74.9 Å². The molecule has 162 valence electrons. The van der Waals surface area contributed by atoms with E-state index in [1.165, 1.54) is 24.3 Å². The van der Waals surface area contributed by atoms with E-state index >= 15 is 0 Å². The second kappa shape index (κ2) is 8.26. The first kappa shape index (κ1) is 21.8. The fourth-order valence-corrected chi connectivity index (χ4v) is 3.96. The Morgan fingerprint density at radius 2 is 1.74 bits per heavy atom. The molecular formula is C20H14Cl3F3N4O. The highest BCUT2D eigenvalue weighted by Crippen LogP contribution is 2.43. The Labute approximate surface area is 190 Å². The summed E-state index contributed by atoms with van der Waals surface area (Å²) >= 11 is 17.8. The molecule has 4 rings (SSSR count). The molecule has 0 fully saturated rings. The van der Waals surface area contributed by atoms with Gasteiger partial charge in [-0.2, -0.15) is 18.3 Å². The van der Waals surface area contributed by atoms with Gasteiger partial charge < -0.3 is 10.6 Å². The summed E-state index contributed by atoms with van der Waals surface area (Å²) in [4.78, 5) is 12.6. The van der Waals surface area contributed by atoms with Crippen LogP contribution in [0.15, 0.2) is 48.5 Å². The minimum Gasteiger partial charge on any atom is -0.363 e.